The monoisotopic (exact) mass is 352 g/mol. The molecule has 1 N–H and O–H groups in total. The number of hydrogen-bond donors (Lipinski definition) is 1. The van der Waals surface area contributed by atoms with Crippen molar-refractivity contribution < 1.29 is 13.6 Å². The van der Waals surface area contributed by atoms with E-state index in [0.717, 1.165) is 51.2 Å². The molecule has 1 amide bonds. The minimum atomic E-state index is -2.57. The summed E-state index contributed by atoms with van der Waals surface area (Å²) in [4.78, 5) is 15.3. The van der Waals surface area contributed by atoms with E-state index < -0.39 is 5.92 Å². The van der Waals surface area contributed by atoms with Crippen LogP contribution in [0.4, 0.5) is 8.78 Å². The second-order valence-corrected chi connectivity index (χ2v) is 8.91. The Kier molecular flexibility index (Phi) is 4.63. The minimum Gasteiger partial charge on any atom is -0.353 e. The molecule has 0 aromatic rings. The predicted octanol–water partition coefficient (Wildman–Crippen LogP) is 3.75. The van der Waals surface area contributed by atoms with E-state index in [1.54, 1.807) is 0 Å². The highest BCUT2D eigenvalue weighted by molar-refractivity contribution is 5.80. The number of amides is 1. The van der Waals surface area contributed by atoms with E-state index in [1.165, 1.54) is 19.3 Å². The number of allylic oxidation sites excluding steroid dienone is 2. The minimum absolute atomic E-state index is 0.0259. The van der Waals surface area contributed by atoms with Gasteiger partial charge in [0.2, 0.25) is 5.91 Å². The number of alkyl halides is 2. The van der Waals surface area contributed by atoms with Crippen molar-refractivity contribution in [1.82, 2.24) is 10.2 Å². The lowest BCUT2D eigenvalue weighted by Crippen LogP contribution is -2.53. The number of carbonyl (C=O) groups is 1. The quantitative estimate of drug-likeness (QED) is 0.782. The number of halogens is 2. The molecule has 1 spiro atoms. The Balaban J connectivity index is 1.33. The van der Waals surface area contributed by atoms with Gasteiger partial charge in [0.25, 0.3) is 5.92 Å². The standard InChI is InChI=1S/C20H30F2N2O/c21-20(22)11-16(12-20)23-18(25)17-7-4-8-19(17)9-10-24(14-19)13-15-5-2-1-3-6-15/h1-2,15-17H,3-14H2,(H,23,25)/t15-,17+,19+/m1/s1. The van der Waals surface area contributed by atoms with Gasteiger partial charge in [-0.3, -0.25) is 4.79 Å². The zero-order chi connectivity index (χ0) is 17.5. The molecule has 0 unspecified atom stereocenters. The van der Waals surface area contributed by atoms with E-state index in [2.05, 4.69) is 22.4 Å². The van der Waals surface area contributed by atoms with Crippen LogP contribution >= 0.6 is 0 Å². The fraction of sp³-hybridized carbons (Fsp3) is 0.850. The summed E-state index contributed by atoms with van der Waals surface area (Å²) in [6.07, 6.45) is 12.1. The largest absolute Gasteiger partial charge is 0.353 e. The summed E-state index contributed by atoms with van der Waals surface area (Å²) < 4.78 is 26.0. The van der Waals surface area contributed by atoms with Crippen LogP contribution < -0.4 is 5.32 Å². The maximum atomic E-state index is 13.0. The predicted molar refractivity (Wildman–Crippen MR) is 93.4 cm³/mol. The van der Waals surface area contributed by atoms with Crippen molar-refractivity contribution in [2.75, 3.05) is 19.6 Å². The lowest BCUT2D eigenvalue weighted by atomic mass is 9.76. The van der Waals surface area contributed by atoms with Crippen LogP contribution in [0.3, 0.4) is 0 Å². The third-order valence-corrected chi connectivity index (χ3v) is 7.02. The van der Waals surface area contributed by atoms with Gasteiger partial charge in [0, 0.05) is 37.9 Å². The molecule has 0 aromatic heterocycles. The van der Waals surface area contributed by atoms with Gasteiger partial charge in [-0.1, -0.05) is 18.6 Å². The molecule has 4 rings (SSSR count). The third kappa shape index (κ3) is 3.62. The molecule has 3 nitrogen and oxygen atoms in total. The Bertz CT molecular complexity index is 542. The topological polar surface area (TPSA) is 32.3 Å². The molecule has 1 saturated heterocycles. The van der Waals surface area contributed by atoms with Crippen LogP contribution in [-0.2, 0) is 4.79 Å². The molecular formula is C20H30F2N2O. The molecule has 3 aliphatic carbocycles. The number of nitrogens with one attached hydrogen (secondary N) is 1. The first-order valence-corrected chi connectivity index (χ1v) is 10.0. The molecule has 1 aliphatic heterocycles. The van der Waals surface area contributed by atoms with E-state index >= 15 is 0 Å². The van der Waals surface area contributed by atoms with Crippen LogP contribution in [0.25, 0.3) is 0 Å². The molecule has 0 aromatic carbocycles. The molecule has 4 aliphatic rings. The Labute approximate surface area is 149 Å². The number of carbonyl (C=O) groups excluding carboxylic acids is 1. The second-order valence-electron chi connectivity index (χ2n) is 8.91. The summed E-state index contributed by atoms with van der Waals surface area (Å²) in [5.74, 6) is -1.74. The summed E-state index contributed by atoms with van der Waals surface area (Å²) in [5.41, 5.74) is 0.0981. The first kappa shape index (κ1) is 17.4. The van der Waals surface area contributed by atoms with Gasteiger partial charge in [0.05, 0.1) is 0 Å². The smallest absolute Gasteiger partial charge is 0.252 e. The molecule has 3 fully saturated rings. The van der Waals surface area contributed by atoms with Crippen molar-refractivity contribution in [2.45, 2.75) is 69.8 Å². The van der Waals surface area contributed by atoms with Gasteiger partial charge in [-0.15, -0.1) is 0 Å². The zero-order valence-corrected chi connectivity index (χ0v) is 15.0. The third-order valence-electron chi connectivity index (χ3n) is 7.02. The van der Waals surface area contributed by atoms with Crippen molar-refractivity contribution in [3.05, 3.63) is 12.2 Å². The van der Waals surface area contributed by atoms with Crippen LogP contribution in [0.5, 0.6) is 0 Å². The van der Waals surface area contributed by atoms with Gasteiger partial charge in [-0.25, -0.2) is 8.78 Å². The van der Waals surface area contributed by atoms with Crippen molar-refractivity contribution in [3.63, 3.8) is 0 Å². The molecular weight excluding hydrogens is 322 g/mol. The fourth-order valence-corrected chi connectivity index (χ4v) is 5.63. The normalized spacial score (nSPS) is 38.2. The Morgan fingerprint density at radius 2 is 2.04 bits per heavy atom. The van der Waals surface area contributed by atoms with Gasteiger partial charge < -0.3 is 10.2 Å². The van der Waals surface area contributed by atoms with Gasteiger partial charge in [-0.2, -0.15) is 0 Å². The van der Waals surface area contributed by atoms with E-state index in [9.17, 15) is 13.6 Å². The molecule has 140 valence electrons. The average molecular weight is 352 g/mol. The van der Waals surface area contributed by atoms with Crippen molar-refractivity contribution in [1.29, 1.82) is 0 Å². The van der Waals surface area contributed by atoms with Crippen LogP contribution in [0.2, 0.25) is 0 Å². The number of nitrogens with zero attached hydrogens (tertiary/aromatic N) is 1. The summed E-state index contributed by atoms with van der Waals surface area (Å²) in [5, 5.41) is 2.91. The maximum Gasteiger partial charge on any atom is 0.252 e. The molecule has 25 heavy (non-hydrogen) atoms. The average Bonchev–Trinajstić information content (AvgIpc) is 3.14. The summed E-state index contributed by atoms with van der Waals surface area (Å²) in [6.45, 7) is 3.26. The zero-order valence-electron chi connectivity index (χ0n) is 15.0. The first-order chi connectivity index (χ1) is 12.0. The van der Waals surface area contributed by atoms with Crippen molar-refractivity contribution >= 4 is 5.91 Å². The SMILES string of the molecule is O=C(NC1CC(F)(F)C1)[C@@H]1CCC[C@@]12CCN(C[C@@H]1CC=CCC1)C2. The number of likely N-dealkylation sites (tertiary alicyclic amines) is 1. The Morgan fingerprint density at radius 1 is 1.20 bits per heavy atom. The van der Waals surface area contributed by atoms with Crippen LogP contribution in [0, 0.1) is 17.3 Å². The Hall–Kier alpha value is -0.970. The molecule has 3 atom stereocenters. The van der Waals surface area contributed by atoms with Crippen LogP contribution in [-0.4, -0.2) is 42.4 Å². The van der Waals surface area contributed by atoms with E-state index in [0.29, 0.717) is 0 Å². The van der Waals surface area contributed by atoms with Crippen molar-refractivity contribution in [2.24, 2.45) is 17.3 Å². The number of hydrogen-bond acceptors (Lipinski definition) is 2. The van der Waals surface area contributed by atoms with E-state index in [-0.39, 0.29) is 36.1 Å². The van der Waals surface area contributed by atoms with Gasteiger partial charge >= 0.3 is 0 Å². The van der Waals surface area contributed by atoms with Crippen LogP contribution in [0.1, 0.15) is 57.8 Å². The summed E-state index contributed by atoms with van der Waals surface area (Å²) in [7, 11) is 0. The molecule has 5 heteroatoms. The highest BCUT2D eigenvalue weighted by Crippen LogP contribution is 2.50. The van der Waals surface area contributed by atoms with Crippen LogP contribution in [0.15, 0.2) is 12.2 Å². The lowest BCUT2D eigenvalue weighted by molar-refractivity contribution is -0.135. The second kappa shape index (κ2) is 6.64. The maximum absolute atomic E-state index is 13.0. The fourth-order valence-electron chi connectivity index (χ4n) is 5.63. The summed E-state index contributed by atoms with van der Waals surface area (Å²) >= 11 is 0. The highest BCUT2D eigenvalue weighted by atomic mass is 19.3. The molecule has 2 saturated carbocycles. The van der Waals surface area contributed by atoms with Gasteiger partial charge in [0.15, 0.2) is 0 Å². The van der Waals surface area contributed by atoms with Crippen molar-refractivity contribution in [3.8, 4) is 0 Å². The van der Waals surface area contributed by atoms with Gasteiger partial charge in [-0.05, 0) is 56.4 Å². The van der Waals surface area contributed by atoms with Gasteiger partial charge in [0.1, 0.15) is 0 Å². The molecule has 0 radical (unpaired) electrons. The Morgan fingerprint density at radius 3 is 2.76 bits per heavy atom. The molecule has 0 bridgehead atoms. The number of rotatable bonds is 4. The van der Waals surface area contributed by atoms with E-state index in [1.807, 2.05) is 0 Å². The lowest BCUT2D eigenvalue weighted by Gasteiger charge is -2.38. The first-order valence-electron chi connectivity index (χ1n) is 10.0. The highest BCUT2D eigenvalue weighted by Gasteiger charge is 2.52. The molecule has 1 heterocycles. The van der Waals surface area contributed by atoms with E-state index in [4.69, 9.17) is 0 Å². The summed E-state index contributed by atoms with van der Waals surface area (Å²) in [6, 6.07) is -0.313.